The zero-order chi connectivity index (χ0) is 26.3. The number of ether oxygens (including phenoxy) is 1. The number of pyridine rings is 2. The molecule has 0 spiro atoms. The molecule has 1 fully saturated rings. The van der Waals surface area contributed by atoms with E-state index in [2.05, 4.69) is 14.9 Å². The molecular formula is C27H33ClN4O4S. The van der Waals surface area contributed by atoms with Gasteiger partial charge in [-0.3, -0.25) is 15.0 Å². The largest absolute Gasteiger partial charge is 0.497 e. The van der Waals surface area contributed by atoms with Crippen molar-refractivity contribution in [2.45, 2.75) is 43.2 Å². The fourth-order valence-electron chi connectivity index (χ4n) is 5.00. The number of hydrogen-bond donors (Lipinski definition) is 3. The first-order valence-electron chi connectivity index (χ1n) is 12.5. The molecule has 0 unspecified atom stereocenters. The van der Waals surface area contributed by atoms with Crippen LogP contribution in [0.4, 0.5) is 0 Å². The molecule has 1 aliphatic rings. The maximum atomic E-state index is 12.8. The molecule has 10 heteroatoms. The molecule has 0 saturated carbocycles. The number of hydroxylamine groups is 1. The van der Waals surface area contributed by atoms with Crippen molar-refractivity contribution in [2.75, 3.05) is 32.5 Å². The highest BCUT2D eigenvalue weighted by atomic mass is 35.5. The maximum Gasteiger partial charge on any atom is 0.249 e. The van der Waals surface area contributed by atoms with Crippen LogP contribution in [-0.4, -0.2) is 63.6 Å². The standard InChI is InChI=1S/C27H33ClN4O4S/c1-36-19-6-7-22-20(17-19)25(21(28)18-30-22)23(33)8-9-27(26(34)31-35)10-14-32(15-11-27)13-4-16-37-24-5-2-3-12-29-24/h2-3,5-7,12,17-18,23,33,35H,4,8-11,13-16H2,1H3,(H,31,34)/t23-/m1/s1. The number of aromatic nitrogens is 2. The Hall–Kier alpha value is -2.43. The molecule has 3 aromatic rings. The van der Waals surface area contributed by atoms with Gasteiger partial charge in [-0.15, -0.1) is 11.8 Å². The van der Waals surface area contributed by atoms with Gasteiger partial charge in [0.05, 0.1) is 34.2 Å². The van der Waals surface area contributed by atoms with E-state index in [1.807, 2.05) is 41.9 Å². The van der Waals surface area contributed by atoms with Crippen molar-refractivity contribution in [3.05, 3.63) is 59.4 Å². The minimum absolute atomic E-state index is 0.324. The molecule has 1 saturated heterocycles. The summed E-state index contributed by atoms with van der Waals surface area (Å²) in [6.45, 7) is 2.46. The van der Waals surface area contributed by atoms with Crippen LogP contribution in [0.2, 0.25) is 5.02 Å². The molecule has 2 aromatic heterocycles. The Morgan fingerprint density at radius 2 is 2.08 bits per heavy atom. The number of thioether (sulfide) groups is 1. The van der Waals surface area contributed by atoms with Crippen molar-refractivity contribution >= 4 is 40.2 Å². The maximum absolute atomic E-state index is 12.8. The number of nitrogens with zero attached hydrogens (tertiary/aromatic N) is 3. The van der Waals surface area contributed by atoms with Crippen molar-refractivity contribution in [1.29, 1.82) is 0 Å². The molecule has 1 aromatic carbocycles. The number of carbonyl (C=O) groups excluding carboxylic acids is 1. The molecule has 3 heterocycles. The molecule has 1 aliphatic heterocycles. The van der Waals surface area contributed by atoms with Crippen LogP contribution < -0.4 is 10.2 Å². The van der Waals surface area contributed by atoms with E-state index in [1.165, 1.54) is 6.20 Å². The fourth-order valence-corrected chi connectivity index (χ4v) is 6.07. The van der Waals surface area contributed by atoms with Crippen LogP contribution in [0, 0.1) is 5.41 Å². The number of methoxy groups -OCH3 is 1. The van der Waals surface area contributed by atoms with E-state index in [-0.39, 0.29) is 0 Å². The van der Waals surface area contributed by atoms with Gasteiger partial charge in [-0.1, -0.05) is 17.7 Å². The van der Waals surface area contributed by atoms with Gasteiger partial charge in [0.15, 0.2) is 0 Å². The third kappa shape index (κ3) is 6.72. The molecule has 37 heavy (non-hydrogen) atoms. The van der Waals surface area contributed by atoms with Crippen molar-refractivity contribution in [1.82, 2.24) is 20.3 Å². The first kappa shape index (κ1) is 27.6. The molecule has 1 atom stereocenters. The molecule has 0 radical (unpaired) electrons. The molecule has 3 N–H and O–H groups in total. The summed E-state index contributed by atoms with van der Waals surface area (Å²) in [5, 5.41) is 22.8. The molecule has 0 bridgehead atoms. The normalized spacial score (nSPS) is 16.4. The smallest absolute Gasteiger partial charge is 0.249 e. The summed E-state index contributed by atoms with van der Waals surface area (Å²) in [5.74, 6) is 1.23. The number of benzene rings is 1. The lowest BCUT2D eigenvalue weighted by Crippen LogP contribution is -2.48. The Morgan fingerprint density at radius 1 is 1.27 bits per heavy atom. The van der Waals surface area contributed by atoms with Gasteiger partial charge >= 0.3 is 0 Å². The quantitative estimate of drug-likeness (QED) is 0.136. The van der Waals surface area contributed by atoms with Crippen LogP contribution in [0.1, 0.15) is 43.8 Å². The van der Waals surface area contributed by atoms with Gasteiger partial charge in [0, 0.05) is 29.1 Å². The molecule has 1 amide bonds. The Kier molecular flexibility index (Phi) is 9.61. The molecular weight excluding hydrogens is 512 g/mol. The zero-order valence-electron chi connectivity index (χ0n) is 20.9. The van der Waals surface area contributed by atoms with E-state index >= 15 is 0 Å². The van der Waals surface area contributed by atoms with Gasteiger partial charge < -0.3 is 14.7 Å². The summed E-state index contributed by atoms with van der Waals surface area (Å²) < 4.78 is 5.34. The highest BCUT2D eigenvalue weighted by Crippen LogP contribution is 2.41. The molecule has 8 nitrogen and oxygen atoms in total. The SMILES string of the molecule is COc1ccc2ncc(Cl)c([C@H](O)CCC3(C(=O)NO)CCN(CCCSc4ccccn4)CC3)c2c1. The van der Waals surface area contributed by atoms with E-state index in [4.69, 9.17) is 16.3 Å². The van der Waals surface area contributed by atoms with Crippen LogP contribution in [0.3, 0.4) is 0 Å². The number of piperidine rings is 1. The van der Waals surface area contributed by atoms with Gasteiger partial charge in [-0.2, -0.15) is 0 Å². The third-order valence-electron chi connectivity index (χ3n) is 7.20. The minimum atomic E-state index is -0.893. The highest BCUT2D eigenvalue weighted by molar-refractivity contribution is 7.99. The predicted molar refractivity (Wildman–Crippen MR) is 145 cm³/mol. The second kappa shape index (κ2) is 12.9. The number of fused-ring (bicyclic) bond motifs is 1. The Morgan fingerprint density at radius 3 is 2.78 bits per heavy atom. The van der Waals surface area contributed by atoms with Crippen LogP contribution >= 0.6 is 23.4 Å². The summed E-state index contributed by atoms with van der Waals surface area (Å²) in [6, 6.07) is 11.4. The van der Waals surface area contributed by atoms with E-state index in [0.717, 1.165) is 42.2 Å². The van der Waals surface area contributed by atoms with E-state index in [9.17, 15) is 15.1 Å². The molecule has 198 valence electrons. The van der Waals surface area contributed by atoms with Gasteiger partial charge in [-0.25, -0.2) is 10.5 Å². The number of aliphatic hydroxyl groups excluding tert-OH is 1. The van der Waals surface area contributed by atoms with Crippen molar-refractivity contribution in [2.24, 2.45) is 5.41 Å². The lowest BCUT2D eigenvalue weighted by molar-refractivity contribution is -0.143. The van der Waals surface area contributed by atoms with Crippen molar-refractivity contribution in [3.8, 4) is 5.75 Å². The Bertz CT molecular complexity index is 1190. The topological polar surface area (TPSA) is 108 Å². The summed E-state index contributed by atoms with van der Waals surface area (Å²) in [4.78, 5) is 23.9. The number of rotatable bonds is 11. The number of aliphatic hydroxyl groups is 1. The summed E-state index contributed by atoms with van der Waals surface area (Å²) in [6.07, 6.45) is 5.44. The summed E-state index contributed by atoms with van der Waals surface area (Å²) in [5.41, 5.74) is 2.41. The number of nitrogens with one attached hydrogen (secondary N) is 1. The van der Waals surface area contributed by atoms with E-state index < -0.39 is 17.4 Å². The van der Waals surface area contributed by atoms with E-state index in [1.54, 1.807) is 25.1 Å². The second-order valence-electron chi connectivity index (χ2n) is 9.39. The first-order chi connectivity index (χ1) is 18.0. The van der Waals surface area contributed by atoms with Gasteiger partial charge in [0.1, 0.15) is 5.75 Å². The Labute approximate surface area is 226 Å². The zero-order valence-corrected chi connectivity index (χ0v) is 22.5. The average molecular weight is 545 g/mol. The van der Waals surface area contributed by atoms with Crippen LogP contribution in [0.25, 0.3) is 10.9 Å². The summed E-state index contributed by atoms with van der Waals surface area (Å²) in [7, 11) is 1.58. The van der Waals surface area contributed by atoms with Gasteiger partial charge in [0.2, 0.25) is 5.91 Å². The number of halogens is 1. The van der Waals surface area contributed by atoms with Crippen LogP contribution in [0.15, 0.2) is 53.8 Å². The second-order valence-corrected chi connectivity index (χ2v) is 10.9. The monoisotopic (exact) mass is 544 g/mol. The van der Waals surface area contributed by atoms with Gasteiger partial charge in [-0.05, 0) is 82.1 Å². The molecule has 0 aliphatic carbocycles. The number of likely N-dealkylation sites (tertiary alicyclic amines) is 1. The van der Waals surface area contributed by atoms with Gasteiger partial charge in [0.25, 0.3) is 0 Å². The number of hydrogen-bond acceptors (Lipinski definition) is 8. The predicted octanol–water partition coefficient (Wildman–Crippen LogP) is 4.88. The summed E-state index contributed by atoms with van der Waals surface area (Å²) >= 11 is 8.21. The fraction of sp³-hybridized carbons (Fsp3) is 0.444. The highest BCUT2D eigenvalue weighted by Gasteiger charge is 2.41. The average Bonchev–Trinajstić information content (AvgIpc) is 2.94. The van der Waals surface area contributed by atoms with Crippen molar-refractivity contribution in [3.63, 3.8) is 0 Å². The molecule has 4 rings (SSSR count). The minimum Gasteiger partial charge on any atom is -0.497 e. The van der Waals surface area contributed by atoms with Crippen LogP contribution in [0.5, 0.6) is 5.75 Å². The third-order valence-corrected chi connectivity index (χ3v) is 8.53. The first-order valence-corrected chi connectivity index (χ1v) is 13.8. The lowest BCUT2D eigenvalue weighted by Gasteiger charge is -2.40. The number of amides is 1. The van der Waals surface area contributed by atoms with Crippen molar-refractivity contribution < 1.29 is 19.8 Å². The lowest BCUT2D eigenvalue weighted by atomic mass is 9.73. The van der Waals surface area contributed by atoms with Crippen LogP contribution in [-0.2, 0) is 4.79 Å². The Balaban J connectivity index is 1.36. The number of carbonyl (C=O) groups is 1. The van der Waals surface area contributed by atoms with E-state index in [0.29, 0.717) is 47.5 Å².